The normalized spacial score (nSPS) is 19.4. The summed E-state index contributed by atoms with van der Waals surface area (Å²) < 4.78 is 13.7. The smallest absolute Gasteiger partial charge is 0.129 e. The standard InChI is InChI=1S/C17H24FN3/c1-14-5-2-3-9-21(14)10-4-8-20-13-16-7-6-15(12-19)11-17(16)18/h6-7,11,14,20H,2-5,8-10,13H2,1H3. The van der Waals surface area contributed by atoms with Crippen molar-refractivity contribution in [3.63, 3.8) is 0 Å². The highest BCUT2D eigenvalue weighted by molar-refractivity contribution is 5.32. The molecule has 114 valence electrons. The minimum atomic E-state index is -0.300. The Bertz CT molecular complexity index is 495. The fourth-order valence-electron chi connectivity index (χ4n) is 2.88. The fraction of sp³-hybridized carbons (Fsp3) is 0.588. The molecule has 21 heavy (non-hydrogen) atoms. The van der Waals surface area contributed by atoms with Crippen molar-refractivity contribution in [1.82, 2.24) is 10.2 Å². The van der Waals surface area contributed by atoms with Gasteiger partial charge in [-0.05, 0) is 58.0 Å². The van der Waals surface area contributed by atoms with Crippen LogP contribution in [0.1, 0.15) is 43.7 Å². The highest BCUT2D eigenvalue weighted by Gasteiger charge is 2.16. The zero-order chi connectivity index (χ0) is 15.1. The topological polar surface area (TPSA) is 39.1 Å². The van der Waals surface area contributed by atoms with E-state index >= 15 is 0 Å². The molecule has 1 unspecified atom stereocenters. The van der Waals surface area contributed by atoms with Gasteiger partial charge in [0.15, 0.2) is 0 Å². The van der Waals surface area contributed by atoms with E-state index in [2.05, 4.69) is 17.1 Å². The van der Waals surface area contributed by atoms with Gasteiger partial charge < -0.3 is 10.2 Å². The molecule has 0 bridgehead atoms. The van der Waals surface area contributed by atoms with Gasteiger partial charge in [-0.3, -0.25) is 0 Å². The van der Waals surface area contributed by atoms with Gasteiger partial charge >= 0.3 is 0 Å². The van der Waals surface area contributed by atoms with E-state index in [9.17, 15) is 4.39 Å². The Morgan fingerprint density at radius 2 is 2.29 bits per heavy atom. The van der Waals surface area contributed by atoms with Crippen LogP contribution in [0.4, 0.5) is 4.39 Å². The van der Waals surface area contributed by atoms with Crippen LogP contribution in [0.2, 0.25) is 0 Å². The Labute approximate surface area is 126 Å². The number of hydrogen-bond acceptors (Lipinski definition) is 3. The summed E-state index contributed by atoms with van der Waals surface area (Å²) in [4.78, 5) is 2.55. The van der Waals surface area contributed by atoms with Crippen molar-refractivity contribution in [2.45, 2.75) is 45.2 Å². The van der Waals surface area contributed by atoms with Crippen molar-refractivity contribution in [2.24, 2.45) is 0 Å². The van der Waals surface area contributed by atoms with Crippen LogP contribution in [0.25, 0.3) is 0 Å². The average Bonchev–Trinajstić information content (AvgIpc) is 2.50. The first-order valence-electron chi connectivity index (χ1n) is 7.84. The lowest BCUT2D eigenvalue weighted by atomic mass is 10.0. The molecule has 1 fully saturated rings. The summed E-state index contributed by atoms with van der Waals surface area (Å²) in [5.74, 6) is -0.300. The summed E-state index contributed by atoms with van der Waals surface area (Å²) >= 11 is 0. The summed E-state index contributed by atoms with van der Waals surface area (Å²) in [5.41, 5.74) is 0.996. The van der Waals surface area contributed by atoms with Gasteiger partial charge in [0, 0.05) is 18.2 Å². The minimum absolute atomic E-state index is 0.300. The molecule has 0 saturated carbocycles. The van der Waals surface area contributed by atoms with Gasteiger partial charge in [-0.25, -0.2) is 4.39 Å². The monoisotopic (exact) mass is 289 g/mol. The number of piperidine rings is 1. The molecule has 1 N–H and O–H groups in total. The van der Waals surface area contributed by atoms with Gasteiger partial charge in [0.05, 0.1) is 11.6 Å². The lowest BCUT2D eigenvalue weighted by Gasteiger charge is -2.33. The summed E-state index contributed by atoms with van der Waals surface area (Å²) in [6.07, 6.45) is 5.06. The molecule has 0 amide bonds. The predicted octanol–water partition coefficient (Wildman–Crippen LogP) is 3.05. The average molecular weight is 289 g/mol. The summed E-state index contributed by atoms with van der Waals surface area (Å²) in [6, 6.07) is 7.30. The number of hydrogen-bond donors (Lipinski definition) is 1. The van der Waals surface area contributed by atoms with Gasteiger partial charge in [-0.15, -0.1) is 0 Å². The Morgan fingerprint density at radius 3 is 3.00 bits per heavy atom. The molecule has 1 atom stereocenters. The molecule has 0 radical (unpaired) electrons. The van der Waals surface area contributed by atoms with Crippen LogP contribution in [0, 0.1) is 17.1 Å². The van der Waals surface area contributed by atoms with E-state index in [1.807, 2.05) is 6.07 Å². The number of nitrogens with zero attached hydrogens (tertiary/aromatic N) is 2. The zero-order valence-corrected chi connectivity index (χ0v) is 12.7. The SMILES string of the molecule is CC1CCCCN1CCCNCc1ccc(C#N)cc1F. The number of likely N-dealkylation sites (tertiary alicyclic amines) is 1. The van der Waals surface area contributed by atoms with Crippen LogP contribution >= 0.6 is 0 Å². The molecule has 1 aliphatic rings. The van der Waals surface area contributed by atoms with Gasteiger partial charge in [-0.2, -0.15) is 5.26 Å². The molecule has 1 heterocycles. The Kier molecular flexibility index (Phi) is 6.16. The second-order valence-electron chi connectivity index (χ2n) is 5.83. The Balaban J connectivity index is 1.67. The quantitative estimate of drug-likeness (QED) is 0.818. The second-order valence-corrected chi connectivity index (χ2v) is 5.83. The van der Waals surface area contributed by atoms with Crippen LogP contribution in [0.15, 0.2) is 18.2 Å². The Hall–Kier alpha value is -1.44. The molecule has 1 aromatic carbocycles. The first-order valence-corrected chi connectivity index (χ1v) is 7.84. The first-order chi connectivity index (χ1) is 10.2. The lowest BCUT2D eigenvalue weighted by molar-refractivity contribution is 0.159. The van der Waals surface area contributed by atoms with Crippen LogP contribution in [-0.2, 0) is 6.54 Å². The van der Waals surface area contributed by atoms with E-state index in [4.69, 9.17) is 5.26 Å². The largest absolute Gasteiger partial charge is 0.313 e. The first kappa shape index (κ1) is 15.9. The molecule has 1 aromatic rings. The number of nitriles is 1. The molecule has 2 rings (SSSR count). The van der Waals surface area contributed by atoms with E-state index in [1.165, 1.54) is 31.9 Å². The van der Waals surface area contributed by atoms with Gasteiger partial charge in [-0.1, -0.05) is 12.5 Å². The molecular formula is C17H24FN3. The third-order valence-corrected chi connectivity index (χ3v) is 4.24. The molecule has 1 aliphatic heterocycles. The van der Waals surface area contributed by atoms with E-state index in [1.54, 1.807) is 12.1 Å². The van der Waals surface area contributed by atoms with Crippen molar-refractivity contribution < 1.29 is 4.39 Å². The van der Waals surface area contributed by atoms with Crippen molar-refractivity contribution in [1.29, 1.82) is 5.26 Å². The fourth-order valence-corrected chi connectivity index (χ4v) is 2.88. The van der Waals surface area contributed by atoms with Gasteiger partial charge in [0.1, 0.15) is 5.82 Å². The van der Waals surface area contributed by atoms with Crippen molar-refractivity contribution in [2.75, 3.05) is 19.6 Å². The maximum atomic E-state index is 13.7. The third-order valence-electron chi connectivity index (χ3n) is 4.24. The van der Waals surface area contributed by atoms with Crippen LogP contribution < -0.4 is 5.32 Å². The van der Waals surface area contributed by atoms with Crippen molar-refractivity contribution in [3.8, 4) is 6.07 Å². The highest BCUT2D eigenvalue weighted by Crippen LogP contribution is 2.16. The lowest BCUT2D eigenvalue weighted by Crippen LogP contribution is -2.38. The second kappa shape index (κ2) is 8.11. The van der Waals surface area contributed by atoms with Crippen LogP contribution in [0.5, 0.6) is 0 Å². The van der Waals surface area contributed by atoms with Crippen molar-refractivity contribution in [3.05, 3.63) is 35.1 Å². The van der Waals surface area contributed by atoms with Crippen LogP contribution in [-0.4, -0.2) is 30.6 Å². The molecule has 0 aliphatic carbocycles. The number of rotatable bonds is 6. The highest BCUT2D eigenvalue weighted by atomic mass is 19.1. The van der Waals surface area contributed by atoms with Gasteiger partial charge in [0.25, 0.3) is 0 Å². The molecule has 0 spiro atoms. The number of halogens is 1. The maximum absolute atomic E-state index is 13.7. The minimum Gasteiger partial charge on any atom is -0.313 e. The van der Waals surface area contributed by atoms with E-state index in [0.717, 1.165) is 19.5 Å². The number of nitrogens with one attached hydrogen (secondary N) is 1. The molecule has 1 saturated heterocycles. The molecule has 0 aromatic heterocycles. The van der Waals surface area contributed by atoms with Gasteiger partial charge in [0.2, 0.25) is 0 Å². The third kappa shape index (κ3) is 4.80. The van der Waals surface area contributed by atoms with E-state index in [-0.39, 0.29) is 5.82 Å². The summed E-state index contributed by atoms with van der Waals surface area (Å²) in [5, 5.41) is 12.0. The van der Waals surface area contributed by atoms with E-state index in [0.29, 0.717) is 23.7 Å². The zero-order valence-electron chi connectivity index (χ0n) is 12.7. The van der Waals surface area contributed by atoms with E-state index < -0.39 is 0 Å². The maximum Gasteiger partial charge on any atom is 0.129 e. The molecular weight excluding hydrogens is 265 g/mol. The summed E-state index contributed by atoms with van der Waals surface area (Å²) in [6.45, 7) is 6.05. The Morgan fingerprint density at radius 1 is 1.43 bits per heavy atom. The molecule has 3 nitrogen and oxygen atoms in total. The van der Waals surface area contributed by atoms with Crippen molar-refractivity contribution >= 4 is 0 Å². The predicted molar refractivity (Wildman–Crippen MR) is 82.3 cm³/mol. The number of benzene rings is 1. The summed E-state index contributed by atoms with van der Waals surface area (Å²) in [7, 11) is 0. The molecule has 4 heteroatoms. The van der Waals surface area contributed by atoms with Crippen LogP contribution in [0.3, 0.4) is 0 Å².